The van der Waals surface area contributed by atoms with Gasteiger partial charge in [0.2, 0.25) is 0 Å². The van der Waals surface area contributed by atoms with Gasteiger partial charge in [-0.05, 0) is 35.2 Å². The highest BCUT2D eigenvalue weighted by molar-refractivity contribution is 9.10. The summed E-state index contributed by atoms with van der Waals surface area (Å²) >= 11 is 9.63. The first-order chi connectivity index (χ1) is 8.70. The molecule has 1 aliphatic carbocycles. The van der Waals surface area contributed by atoms with Crippen molar-refractivity contribution in [1.82, 2.24) is 15.0 Å². The summed E-state index contributed by atoms with van der Waals surface area (Å²) in [5.74, 6) is 1.52. The van der Waals surface area contributed by atoms with E-state index >= 15 is 0 Å². The van der Waals surface area contributed by atoms with Gasteiger partial charge in [0.15, 0.2) is 0 Å². The highest BCUT2D eigenvalue weighted by Crippen LogP contribution is 2.36. The fourth-order valence-corrected chi connectivity index (χ4v) is 3.44. The largest absolute Gasteiger partial charge is 0.329 e. The molecule has 3 rings (SSSR count). The minimum atomic E-state index is 0.528. The molecule has 1 saturated carbocycles. The second-order valence-corrected chi connectivity index (χ2v) is 6.01. The zero-order chi connectivity index (χ0) is 12.7. The molecule has 18 heavy (non-hydrogen) atoms. The van der Waals surface area contributed by atoms with Crippen LogP contribution in [0.1, 0.15) is 50.0 Å². The summed E-state index contributed by atoms with van der Waals surface area (Å²) in [6.07, 6.45) is 5.91. The molecule has 0 spiro atoms. The maximum Gasteiger partial charge on any atom is 0.143 e. The Hall–Kier alpha value is -0.610. The van der Waals surface area contributed by atoms with Crippen LogP contribution in [0.4, 0.5) is 0 Å². The lowest BCUT2D eigenvalue weighted by atomic mass is 10.1. The van der Waals surface area contributed by atoms with Crippen LogP contribution < -0.4 is 0 Å². The van der Waals surface area contributed by atoms with Crippen molar-refractivity contribution < 1.29 is 0 Å². The molecule has 2 aromatic heterocycles. The van der Waals surface area contributed by atoms with Gasteiger partial charge in [-0.3, -0.25) is 0 Å². The highest BCUT2D eigenvalue weighted by atomic mass is 79.9. The Morgan fingerprint density at radius 1 is 1.33 bits per heavy atom. The summed E-state index contributed by atoms with van der Waals surface area (Å²) in [4.78, 5) is 12.6. The number of aromatic amines is 1. The normalized spacial score (nSPS) is 16.8. The lowest BCUT2D eigenvalue weighted by molar-refractivity contribution is 0.666. The van der Waals surface area contributed by atoms with Gasteiger partial charge in [0.05, 0.1) is 15.6 Å². The van der Waals surface area contributed by atoms with Gasteiger partial charge in [0, 0.05) is 5.92 Å². The van der Waals surface area contributed by atoms with E-state index in [1.807, 2.05) is 0 Å². The first-order valence-electron chi connectivity index (χ1n) is 6.44. The number of hydrogen-bond acceptors (Lipinski definition) is 2. The first-order valence-corrected chi connectivity index (χ1v) is 7.61. The third kappa shape index (κ3) is 1.95. The minimum Gasteiger partial charge on any atom is -0.329 e. The minimum absolute atomic E-state index is 0.528. The summed E-state index contributed by atoms with van der Waals surface area (Å²) in [5.41, 5.74) is 1.94. The summed E-state index contributed by atoms with van der Waals surface area (Å²) in [6, 6.07) is 0. The summed E-state index contributed by atoms with van der Waals surface area (Å²) in [7, 11) is 0. The van der Waals surface area contributed by atoms with E-state index in [2.05, 4.69) is 32.8 Å². The van der Waals surface area contributed by atoms with E-state index in [0.29, 0.717) is 11.1 Å². The lowest BCUT2D eigenvalue weighted by Crippen LogP contribution is -2.04. The number of nitrogens with zero attached hydrogens (tertiary/aromatic N) is 2. The van der Waals surface area contributed by atoms with E-state index in [9.17, 15) is 0 Å². The van der Waals surface area contributed by atoms with Gasteiger partial charge in [-0.1, -0.05) is 31.4 Å². The van der Waals surface area contributed by atoms with Crippen LogP contribution in [0.25, 0.3) is 11.0 Å². The van der Waals surface area contributed by atoms with Crippen molar-refractivity contribution in [3.05, 3.63) is 21.1 Å². The third-order valence-electron chi connectivity index (χ3n) is 3.70. The molecule has 2 heterocycles. The number of hydrogen-bond donors (Lipinski definition) is 1. The molecular formula is C13H15BrClN3. The molecular weight excluding hydrogens is 314 g/mol. The second-order valence-electron chi connectivity index (χ2n) is 4.84. The average molecular weight is 329 g/mol. The average Bonchev–Trinajstić information content (AvgIpc) is 2.98. The Balaban J connectivity index is 2.18. The molecule has 0 saturated heterocycles. The van der Waals surface area contributed by atoms with E-state index < -0.39 is 0 Å². The lowest BCUT2D eigenvalue weighted by Gasteiger charge is -2.09. The van der Waals surface area contributed by atoms with Crippen LogP contribution in [-0.4, -0.2) is 15.0 Å². The van der Waals surface area contributed by atoms with Crippen molar-refractivity contribution in [3.8, 4) is 0 Å². The fourth-order valence-electron chi connectivity index (χ4n) is 2.74. The summed E-state index contributed by atoms with van der Waals surface area (Å²) in [6.45, 7) is 2.12. The molecule has 0 aromatic carbocycles. The highest BCUT2D eigenvalue weighted by Gasteiger charge is 2.22. The SMILES string of the molecule is CCc1nc(C2CCCC2)nc2[nH]c(Cl)c(Br)c12. The Labute approximate surface area is 119 Å². The van der Waals surface area contributed by atoms with Gasteiger partial charge in [-0.25, -0.2) is 9.97 Å². The maximum absolute atomic E-state index is 6.12. The number of nitrogens with one attached hydrogen (secondary N) is 1. The standard InChI is InChI=1S/C13H15BrClN3/c1-2-8-9-10(14)11(15)17-13(9)18-12(16-8)7-5-3-4-6-7/h7H,2-6H2,1H3,(H,16,17,18). The molecule has 0 unspecified atom stereocenters. The molecule has 0 aliphatic heterocycles. The second kappa shape index (κ2) is 4.82. The van der Waals surface area contributed by atoms with Crippen molar-refractivity contribution in [1.29, 1.82) is 0 Å². The molecule has 5 heteroatoms. The molecule has 2 aromatic rings. The van der Waals surface area contributed by atoms with Crippen LogP contribution in [-0.2, 0) is 6.42 Å². The quantitative estimate of drug-likeness (QED) is 0.875. The van der Waals surface area contributed by atoms with E-state index in [1.54, 1.807) is 0 Å². The number of H-pyrrole nitrogens is 1. The van der Waals surface area contributed by atoms with Crippen molar-refractivity contribution in [2.24, 2.45) is 0 Å². The third-order valence-corrected chi connectivity index (χ3v) is 5.00. The Morgan fingerprint density at radius 3 is 2.72 bits per heavy atom. The Kier molecular flexibility index (Phi) is 3.32. The number of aromatic nitrogens is 3. The molecule has 0 bridgehead atoms. The van der Waals surface area contributed by atoms with Crippen molar-refractivity contribution in [2.45, 2.75) is 44.9 Å². The predicted molar refractivity (Wildman–Crippen MR) is 77.2 cm³/mol. The van der Waals surface area contributed by atoms with E-state index in [1.165, 1.54) is 25.7 Å². The Bertz CT molecular complexity index is 587. The van der Waals surface area contributed by atoms with Gasteiger partial charge in [0.25, 0.3) is 0 Å². The van der Waals surface area contributed by atoms with Crippen LogP contribution in [0.3, 0.4) is 0 Å². The zero-order valence-corrected chi connectivity index (χ0v) is 12.6. The van der Waals surface area contributed by atoms with Crippen LogP contribution in [0.2, 0.25) is 5.15 Å². The predicted octanol–water partition coefficient (Wildman–Crippen LogP) is 4.59. The van der Waals surface area contributed by atoms with Crippen LogP contribution in [0.15, 0.2) is 4.47 Å². The molecule has 3 nitrogen and oxygen atoms in total. The van der Waals surface area contributed by atoms with E-state index in [-0.39, 0.29) is 0 Å². The van der Waals surface area contributed by atoms with Crippen molar-refractivity contribution >= 4 is 38.6 Å². The van der Waals surface area contributed by atoms with Crippen molar-refractivity contribution in [2.75, 3.05) is 0 Å². The van der Waals surface area contributed by atoms with Gasteiger partial charge < -0.3 is 4.98 Å². The molecule has 1 N–H and O–H groups in total. The molecule has 0 amide bonds. The van der Waals surface area contributed by atoms with Crippen LogP contribution in [0, 0.1) is 0 Å². The maximum atomic E-state index is 6.12. The number of rotatable bonds is 2. The topological polar surface area (TPSA) is 41.6 Å². The molecule has 1 aliphatic rings. The van der Waals surface area contributed by atoms with Crippen LogP contribution in [0.5, 0.6) is 0 Å². The smallest absolute Gasteiger partial charge is 0.143 e. The van der Waals surface area contributed by atoms with Gasteiger partial charge in [-0.2, -0.15) is 0 Å². The fraction of sp³-hybridized carbons (Fsp3) is 0.538. The zero-order valence-electron chi connectivity index (χ0n) is 10.3. The first kappa shape index (κ1) is 12.4. The number of halogens is 2. The molecule has 96 valence electrons. The van der Waals surface area contributed by atoms with Gasteiger partial charge in [0.1, 0.15) is 16.6 Å². The number of aryl methyl sites for hydroxylation is 1. The number of fused-ring (bicyclic) bond motifs is 1. The van der Waals surface area contributed by atoms with E-state index in [4.69, 9.17) is 16.6 Å². The van der Waals surface area contributed by atoms with Gasteiger partial charge >= 0.3 is 0 Å². The summed E-state index contributed by atoms with van der Waals surface area (Å²) in [5, 5.41) is 1.64. The van der Waals surface area contributed by atoms with Gasteiger partial charge in [-0.15, -0.1) is 0 Å². The van der Waals surface area contributed by atoms with E-state index in [0.717, 1.165) is 33.4 Å². The van der Waals surface area contributed by atoms with Crippen molar-refractivity contribution in [3.63, 3.8) is 0 Å². The monoisotopic (exact) mass is 327 g/mol. The molecule has 0 radical (unpaired) electrons. The molecule has 1 fully saturated rings. The Morgan fingerprint density at radius 2 is 2.06 bits per heavy atom. The summed E-state index contributed by atoms with van der Waals surface area (Å²) < 4.78 is 0.883. The molecule has 0 atom stereocenters. The van der Waals surface area contributed by atoms with Crippen LogP contribution >= 0.6 is 27.5 Å².